The second-order valence-electron chi connectivity index (χ2n) is 3.86. The van der Waals surface area contributed by atoms with Crippen molar-refractivity contribution in [3.8, 4) is 0 Å². The number of rotatable bonds is 1. The molecule has 0 atom stereocenters. The van der Waals surface area contributed by atoms with Gasteiger partial charge in [0.15, 0.2) is 0 Å². The molecule has 0 fully saturated rings. The van der Waals surface area contributed by atoms with Crippen LogP contribution in [-0.4, -0.2) is 12.3 Å². The Kier molecular flexibility index (Phi) is 1.99. The molecule has 0 aliphatic carbocycles. The zero-order valence-corrected chi connectivity index (χ0v) is 7.52. The van der Waals surface area contributed by atoms with Gasteiger partial charge in [-0.3, -0.25) is 4.99 Å². The first-order valence-electron chi connectivity index (χ1n) is 3.92. The molecule has 0 saturated heterocycles. The molecule has 0 saturated carbocycles. The van der Waals surface area contributed by atoms with Crippen LogP contribution in [0.1, 0.15) is 20.8 Å². The first-order valence-corrected chi connectivity index (χ1v) is 3.92. The molecule has 0 bridgehead atoms. The van der Waals surface area contributed by atoms with Crippen molar-refractivity contribution in [2.75, 3.05) is 6.54 Å². The third-order valence-electron chi connectivity index (χ3n) is 1.93. The van der Waals surface area contributed by atoms with E-state index in [0.29, 0.717) is 0 Å². The highest BCUT2D eigenvalue weighted by Crippen LogP contribution is 2.27. The predicted octanol–water partition coefficient (Wildman–Crippen LogP) is 2.60. The van der Waals surface area contributed by atoms with Crippen molar-refractivity contribution in [2.24, 2.45) is 10.4 Å². The van der Waals surface area contributed by atoms with Crippen LogP contribution in [0.3, 0.4) is 0 Å². The van der Waals surface area contributed by atoms with E-state index >= 15 is 0 Å². The largest absolute Gasteiger partial charge is 0.281 e. The minimum Gasteiger partial charge on any atom is -0.281 e. The molecular formula is C10H15N. The summed E-state index contributed by atoms with van der Waals surface area (Å²) in [5.74, 6) is 0. The molecule has 1 nitrogen and oxygen atoms in total. The second-order valence-corrected chi connectivity index (χ2v) is 3.86. The lowest BCUT2D eigenvalue weighted by molar-refractivity contribution is 0.499. The number of hydrogen-bond donors (Lipinski definition) is 0. The fourth-order valence-corrected chi connectivity index (χ4v) is 1.02. The molecule has 11 heavy (non-hydrogen) atoms. The van der Waals surface area contributed by atoms with Gasteiger partial charge in [-0.2, -0.15) is 0 Å². The summed E-state index contributed by atoms with van der Waals surface area (Å²) in [4.78, 5) is 4.31. The van der Waals surface area contributed by atoms with Gasteiger partial charge >= 0.3 is 0 Å². The predicted molar refractivity (Wildman–Crippen MR) is 50.0 cm³/mol. The van der Waals surface area contributed by atoms with Gasteiger partial charge in [0, 0.05) is 0 Å². The van der Waals surface area contributed by atoms with Crippen molar-refractivity contribution in [3.05, 3.63) is 24.3 Å². The van der Waals surface area contributed by atoms with Gasteiger partial charge in [0.25, 0.3) is 0 Å². The molecule has 1 rings (SSSR count). The fraction of sp³-hybridized carbons (Fsp3) is 0.500. The van der Waals surface area contributed by atoms with E-state index in [-0.39, 0.29) is 5.41 Å². The Morgan fingerprint density at radius 3 is 2.45 bits per heavy atom. The van der Waals surface area contributed by atoms with Crippen molar-refractivity contribution in [3.63, 3.8) is 0 Å². The molecule has 0 aromatic carbocycles. The van der Waals surface area contributed by atoms with Crippen molar-refractivity contribution < 1.29 is 0 Å². The van der Waals surface area contributed by atoms with Crippen LogP contribution in [0.2, 0.25) is 0 Å². The maximum atomic E-state index is 4.31. The molecule has 1 heterocycles. The van der Waals surface area contributed by atoms with Crippen LogP contribution in [-0.2, 0) is 0 Å². The summed E-state index contributed by atoms with van der Waals surface area (Å²) in [6.45, 7) is 11.2. The zero-order valence-electron chi connectivity index (χ0n) is 7.52. The van der Waals surface area contributed by atoms with Gasteiger partial charge in [-0.15, -0.1) is 0 Å². The Bertz CT molecular complexity index is 226. The van der Waals surface area contributed by atoms with Crippen LogP contribution in [0.5, 0.6) is 0 Å². The van der Waals surface area contributed by atoms with E-state index in [0.717, 1.165) is 12.3 Å². The minimum absolute atomic E-state index is 0.258. The quantitative estimate of drug-likeness (QED) is 0.543. The van der Waals surface area contributed by atoms with Crippen molar-refractivity contribution in [1.29, 1.82) is 0 Å². The summed E-state index contributed by atoms with van der Waals surface area (Å²) in [7, 11) is 0. The van der Waals surface area contributed by atoms with Crippen LogP contribution in [0.25, 0.3) is 0 Å². The Hall–Kier alpha value is -0.850. The Morgan fingerprint density at radius 1 is 1.55 bits per heavy atom. The molecule has 0 unspecified atom stereocenters. The highest BCUT2D eigenvalue weighted by molar-refractivity contribution is 6.05. The highest BCUT2D eigenvalue weighted by Gasteiger charge is 2.19. The van der Waals surface area contributed by atoms with Crippen LogP contribution in [0.4, 0.5) is 0 Å². The van der Waals surface area contributed by atoms with Crippen LogP contribution in [0.15, 0.2) is 29.3 Å². The van der Waals surface area contributed by atoms with Crippen LogP contribution >= 0.6 is 0 Å². The lowest BCUT2D eigenvalue weighted by atomic mass is 9.87. The molecule has 0 spiro atoms. The van der Waals surface area contributed by atoms with Crippen LogP contribution < -0.4 is 0 Å². The molecule has 0 radical (unpaired) electrons. The summed E-state index contributed by atoms with van der Waals surface area (Å²) in [6.07, 6.45) is 3.94. The first-order chi connectivity index (χ1) is 5.04. The molecule has 1 aliphatic rings. The van der Waals surface area contributed by atoms with Gasteiger partial charge in [0.1, 0.15) is 0 Å². The van der Waals surface area contributed by atoms with Gasteiger partial charge < -0.3 is 0 Å². The zero-order chi connectivity index (χ0) is 8.48. The van der Waals surface area contributed by atoms with Gasteiger partial charge in [0.05, 0.1) is 12.3 Å². The van der Waals surface area contributed by atoms with E-state index in [2.05, 4.69) is 38.4 Å². The summed E-state index contributed by atoms with van der Waals surface area (Å²) >= 11 is 0. The van der Waals surface area contributed by atoms with E-state index < -0.39 is 0 Å². The molecule has 1 heteroatoms. The third kappa shape index (κ3) is 1.79. The van der Waals surface area contributed by atoms with E-state index in [9.17, 15) is 0 Å². The van der Waals surface area contributed by atoms with E-state index in [1.165, 1.54) is 5.57 Å². The van der Waals surface area contributed by atoms with Gasteiger partial charge in [-0.05, 0) is 23.1 Å². The summed E-state index contributed by atoms with van der Waals surface area (Å²) in [5.41, 5.74) is 2.68. The summed E-state index contributed by atoms with van der Waals surface area (Å²) < 4.78 is 0. The van der Waals surface area contributed by atoms with Crippen molar-refractivity contribution >= 4 is 5.71 Å². The number of hydrogen-bond acceptors (Lipinski definition) is 1. The van der Waals surface area contributed by atoms with Gasteiger partial charge in [-0.1, -0.05) is 27.4 Å². The van der Waals surface area contributed by atoms with E-state index in [1.807, 2.05) is 0 Å². The molecule has 0 aromatic heterocycles. The van der Waals surface area contributed by atoms with E-state index in [1.54, 1.807) is 6.08 Å². The first kappa shape index (κ1) is 8.25. The van der Waals surface area contributed by atoms with Gasteiger partial charge in [-0.25, -0.2) is 0 Å². The minimum atomic E-state index is 0.258. The number of nitrogens with zero attached hydrogens (tertiary/aromatic N) is 1. The average Bonchev–Trinajstić information content (AvgIpc) is 2.32. The lowest BCUT2D eigenvalue weighted by Gasteiger charge is -2.18. The molecule has 60 valence electrons. The smallest absolute Gasteiger partial charge is 0.0615 e. The monoisotopic (exact) mass is 149 g/mol. The Balaban J connectivity index is 2.77. The lowest BCUT2D eigenvalue weighted by Crippen LogP contribution is -2.09. The maximum Gasteiger partial charge on any atom is 0.0615 e. The fourth-order valence-electron chi connectivity index (χ4n) is 1.02. The Morgan fingerprint density at radius 2 is 2.18 bits per heavy atom. The number of allylic oxidation sites excluding steroid dienone is 2. The standard InChI is InChI=1S/C10H15N/c1-5-9-6-8(7-11-9)10(2,3)4/h5-6H,1,7H2,2-4H3. The summed E-state index contributed by atoms with van der Waals surface area (Å²) in [6, 6.07) is 0. The van der Waals surface area contributed by atoms with Crippen LogP contribution in [0, 0.1) is 5.41 Å². The third-order valence-corrected chi connectivity index (χ3v) is 1.93. The average molecular weight is 149 g/mol. The SMILES string of the molecule is C=CC1=NCC(C(C)(C)C)=C1. The normalized spacial score (nSPS) is 17.7. The molecule has 0 amide bonds. The van der Waals surface area contributed by atoms with E-state index in [4.69, 9.17) is 0 Å². The maximum absolute atomic E-state index is 4.31. The molecule has 1 aliphatic heterocycles. The Labute approximate surface area is 68.5 Å². The van der Waals surface area contributed by atoms with Crippen molar-refractivity contribution in [1.82, 2.24) is 0 Å². The van der Waals surface area contributed by atoms with Crippen molar-refractivity contribution in [2.45, 2.75) is 20.8 Å². The van der Waals surface area contributed by atoms with Gasteiger partial charge in [0.2, 0.25) is 0 Å². The highest BCUT2D eigenvalue weighted by atomic mass is 14.8. The molecule has 0 N–H and O–H groups in total. The topological polar surface area (TPSA) is 12.4 Å². The molecular weight excluding hydrogens is 134 g/mol. The number of aliphatic imine (C=N–C) groups is 1. The molecule has 0 aromatic rings. The summed E-state index contributed by atoms with van der Waals surface area (Å²) in [5, 5.41) is 0. The second kappa shape index (κ2) is 2.65.